The van der Waals surface area contributed by atoms with Crippen LogP contribution in [0.25, 0.3) is 11.4 Å². The standard InChI is InChI=1S/C16H20BrN3O/c1-11-6-8-16(10-18,9-7-11)15-19-14(20-21-15)12-4-2-3-5-13(12)17/h2-5,11H,6-10,18H2,1H3. The number of aromatic nitrogens is 2. The first-order valence-electron chi connectivity index (χ1n) is 7.44. The Kier molecular flexibility index (Phi) is 4.13. The normalized spacial score (nSPS) is 26.0. The van der Waals surface area contributed by atoms with Crippen molar-refractivity contribution in [3.05, 3.63) is 34.6 Å². The van der Waals surface area contributed by atoms with E-state index in [0.29, 0.717) is 18.3 Å². The Hall–Kier alpha value is -1.20. The molecule has 1 aliphatic carbocycles. The van der Waals surface area contributed by atoms with Crippen LogP contribution >= 0.6 is 15.9 Å². The zero-order valence-corrected chi connectivity index (χ0v) is 13.8. The van der Waals surface area contributed by atoms with Gasteiger partial charge in [-0.2, -0.15) is 4.98 Å². The molecule has 1 saturated carbocycles. The Balaban J connectivity index is 1.92. The monoisotopic (exact) mass is 349 g/mol. The van der Waals surface area contributed by atoms with E-state index >= 15 is 0 Å². The van der Waals surface area contributed by atoms with Crippen molar-refractivity contribution in [1.29, 1.82) is 0 Å². The van der Waals surface area contributed by atoms with Crippen LogP contribution in [0.3, 0.4) is 0 Å². The van der Waals surface area contributed by atoms with Gasteiger partial charge in [-0.25, -0.2) is 0 Å². The second-order valence-electron chi connectivity index (χ2n) is 6.07. The zero-order valence-electron chi connectivity index (χ0n) is 12.2. The lowest BCUT2D eigenvalue weighted by atomic mass is 9.71. The summed E-state index contributed by atoms with van der Waals surface area (Å²) in [4.78, 5) is 4.65. The topological polar surface area (TPSA) is 64.9 Å². The summed E-state index contributed by atoms with van der Waals surface area (Å²) in [6.07, 6.45) is 4.40. The number of rotatable bonds is 3. The molecule has 0 unspecified atom stereocenters. The fraction of sp³-hybridized carbons (Fsp3) is 0.500. The lowest BCUT2D eigenvalue weighted by molar-refractivity contribution is 0.191. The van der Waals surface area contributed by atoms with Crippen LogP contribution in [0.5, 0.6) is 0 Å². The second-order valence-corrected chi connectivity index (χ2v) is 6.92. The molecule has 1 aromatic carbocycles. The molecule has 4 nitrogen and oxygen atoms in total. The first kappa shape index (κ1) is 14.7. The molecule has 2 N–H and O–H groups in total. The number of halogens is 1. The first-order valence-corrected chi connectivity index (χ1v) is 8.23. The average Bonchev–Trinajstić information content (AvgIpc) is 2.99. The van der Waals surface area contributed by atoms with E-state index in [1.165, 1.54) is 12.8 Å². The molecular weight excluding hydrogens is 330 g/mol. The molecule has 1 heterocycles. The van der Waals surface area contributed by atoms with Crippen LogP contribution in [0, 0.1) is 5.92 Å². The maximum atomic E-state index is 6.06. The van der Waals surface area contributed by atoms with Crippen LogP contribution in [0.2, 0.25) is 0 Å². The van der Waals surface area contributed by atoms with Crippen molar-refractivity contribution in [3.63, 3.8) is 0 Å². The highest BCUT2D eigenvalue weighted by atomic mass is 79.9. The van der Waals surface area contributed by atoms with Gasteiger partial charge in [0.25, 0.3) is 0 Å². The molecule has 3 rings (SSSR count). The van der Waals surface area contributed by atoms with E-state index in [4.69, 9.17) is 10.3 Å². The minimum absolute atomic E-state index is 0.140. The Labute approximate surface area is 133 Å². The Morgan fingerprint density at radius 2 is 2.05 bits per heavy atom. The van der Waals surface area contributed by atoms with Crippen LogP contribution in [0.1, 0.15) is 38.5 Å². The maximum absolute atomic E-state index is 6.06. The Bertz CT molecular complexity index is 617. The highest BCUT2D eigenvalue weighted by Crippen LogP contribution is 2.40. The van der Waals surface area contributed by atoms with E-state index in [-0.39, 0.29) is 5.41 Å². The summed E-state index contributed by atoms with van der Waals surface area (Å²) in [5.74, 6) is 2.09. The van der Waals surface area contributed by atoms with E-state index in [1.807, 2.05) is 24.3 Å². The van der Waals surface area contributed by atoms with Crippen LogP contribution in [0.15, 0.2) is 33.3 Å². The number of hydrogen-bond acceptors (Lipinski definition) is 4. The molecule has 5 heteroatoms. The fourth-order valence-corrected chi connectivity index (χ4v) is 3.47. The summed E-state index contributed by atoms with van der Waals surface area (Å²) in [5.41, 5.74) is 6.86. The van der Waals surface area contributed by atoms with Crippen molar-refractivity contribution in [3.8, 4) is 11.4 Å². The van der Waals surface area contributed by atoms with Gasteiger partial charge in [0.15, 0.2) is 0 Å². The number of nitrogens with zero attached hydrogens (tertiary/aromatic N) is 2. The van der Waals surface area contributed by atoms with Crippen molar-refractivity contribution >= 4 is 15.9 Å². The molecule has 1 aliphatic rings. The van der Waals surface area contributed by atoms with Gasteiger partial charge in [0.05, 0.1) is 5.41 Å². The van der Waals surface area contributed by atoms with Gasteiger partial charge in [-0.3, -0.25) is 0 Å². The highest BCUT2D eigenvalue weighted by molar-refractivity contribution is 9.10. The molecule has 0 atom stereocenters. The van der Waals surface area contributed by atoms with Crippen LogP contribution < -0.4 is 5.73 Å². The third-order valence-electron chi connectivity index (χ3n) is 4.62. The van der Waals surface area contributed by atoms with Crippen LogP contribution in [0.4, 0.5) is 0 Å². The predicted molar refractivity (Wildman–Crippen MR) is 85.8 cm³/mol. The van der Waals surface area contributed by atoms with Gasteiger partial charge in [-0.15, -0.1) is 0 Å². The summed E-state index contributed by atoms with van der Waals surface area (Å²) in [5, 5.41) is 4.16. The molecule has 0 bridgehead atoms. The third-order valence-corrected chi connectivity index (χ3v) is 5.31. The van der Waals surface area contributed by atoms with E-state index in [2.05, 4.69) is 33.0 Å². The first-order chi connectivity index (χ1) is 10.1. The van der Waals surface area contributed by atoms with E-state index in [0.717, 1.165) is 28.8 Å². The van der Waals surface area contributed by atoms with Gasteiger partial charge >= 0.3 is 0 Å². The number of benzene rings is 1. The van der Waals surface area contributed by atoms with Gasteiger partial charge in [0, 0.05) is 16.6 Å². The molecule has 0 spiro atoms. The minimum Gasteiger partial charge on any atom is -0.338 e. The maximum Gasteiger partial charge on any atom is 0.234 e. The Morgan fingerprint density at radius 3 is 2.71 bits per heavy atom. The van der Waals surface area contributed by atoms with Crippen molar-refractivity contribution in [1.82, 2.24) is 10.1 Å². The molecule has 1 fully saturated rings. The third kappa shape index (κ3) is 2.77. The van der Waals surface area contributed by atoms with Crippen molar-refractivity contribution in [2.24, 2.45) is 11.7 Å². The smallest absolute Gasteiger partial charge is 0.234 e. The SMILES string of the molecule is CC1CCC(CN)(c2nc(-c3ccccc3Br)no2)CC1. The fourth-order valence-electron chi connectivity index (χ4n) is 3.01. The van der Waals surface area contributed by atoms with Crippen molar-refractivity contribution in [2.75, 3.05) is 6.54 Å². The summed E-state index contributed by atoms with van der Waals surface area (Å²) in [6.45, 7) is 2.86. The minimum atomic E-state index is -0.140. The highest BCUT2D eigenvalue weighted by Gasteiger charge is 2.39. The van der Waals surface area contributed by atoms with Gasteiger partial charge in [-0.05, 0) is 43.7 Å². The van der Waals surface area contributed by atoms with Gasteiger partial charge in [-0.1, -0.05) is 40.1 Å². The number of hydrogen-bond donors (Lipinski definition) is 1. The summed E-state index contributed by atoms with van der Waals surface area (Å²) in [6, 6.07) is 7.90. The average molecular weight is 350 g/mol. The van der Waals surface area contributed by atoms with Crippen LogP contribution in [-0.2, 0) is 5.41 Å². The number of nitrogens with two attached hydrogens (primary N) is 1. The molecule has 2 aromatic rings. The second kappa shape index (κ2) is 5.89. The summed E-state index contributed by atoms with van der Waals surface area (Å²) < 4.78 is 6.55. The zero-order chi connectivity index (χ0) is 14.9. The van der Waals surface area contributed by atoms with Crippen molar-refractivity contribution < 1.29 is 4.52 Å². The van der Waals surface area contributed by atoms with Crippen molar-refractivity contribution in [2.45, 2.75) is 38.0 Å². The van der Waals surface area contributed by atoms with Gasteiger partial charge < -0.3 is 10.3 Å². The van der Waals surface area contributed by atoms with E-state index in [9.17, 15) is 0 Å². The van der Waals surface area contributed by atoms with Crippen LogP contribution in [-0.4, -0.2) is 16.7 Å². The summed E-state index contributed by atoms with van der Waals surface area (Å²) >= 11 is 3.53. The van der Waals surface area contributed by atoms with E-state index < -0.39 is 0 Å². The Morgan fingerprint density at radius 1 is 1.33 bits per heavy atom. The molecule has 0 radical (unpaired) electrons. The molecule has 0 saturated heterocycles. The van der Waals surface area contributed by atoms with E-state index in [1.54, 1.807) is 0 Å². The van der Waals surface area contributed by atoms with Gasteiger partial charge in [0.1, 0.15) is 0 Å². The quantitative estimate of drug-likeness (QED) is 0.912. The molecule has 0 amide bonds. The largest absolute Gasteiger partial charge is 0.338 e. The molecular formula is C16H20BrN3O. The molecule has 0 aliphatic heterocycles. The molecule has 1 aromatic heterocycles. The lowest BCUT2D eigenvalue weighted by Gasteiger charge is -2.35. The molecule has 112 valence electrons. The predicted octanol–water partition coefficient (Wildman–Crippen LogP) is 3.91. The lowest BCUT2D eigenvalue weighted by Crippen LogP contribution is -2.39. The molecule has 21 heavy (non-hydrogen) atoms. The summed E-state index contributed by atoms with van der Waals surface area (Å²) in [7, 11) is 0. The van der Waals surface area contributed by atoms with Gasteiger partial charge in [0.2, 0.25) is 11.7 Å².